The van der Waals surface area contributed by atoms with E-state index in [-0.39, 0.29) is 5.95 Å². The van der Waals surface area contributed by atoms with Crippen molar-refractivity contribution in [3.63, 3.8) is 0 Å². The van der Waals surface area contributed by atoms with E-state index in [9.17, 15) is 4.79 Å². The first-order valence-electron chi connectivity index (χ1n) is 7.02. The third kappa shape index (κ3) is 3.48. The summed E-state index contributed by atoms with van der Waals surface area (Å²) in [7, 11) is 0. The molecule has 2 N–H and O–H groups in total. The lowest BCUT2D eigenvalue weighted by atomic mass is 10.2. The Kier molecular flexibility index (Phi) is 4.94. The molecule has 0 aliphatic carbocycles. The van der Waals surface area contributed by atoms with Gasteiger partial charge in [0.2, 0.25) is 5.95 Å². The molecule has 3 aromatic rings. The van der Waals surface area contributed by atoms with Crippen LogP contribution in [0.15, 0.2) is 64.1 Å². The average molecular weight is 407 g/mol. The molecule has 0 amide bonds. The topological polar surface area (TPSA) is 77.0 Å². The number of hydrogen-bond donors (Lipinski definition) is 1. The van der Waals surface area contributed by atoms with E-state index in [1.54, 1.807) is 18.2 Å². The van der Waals surface area contributed by atoms with Crippen LogP contribution in [-0.4, -0.2) is 14.5 Å². The fraction of sp³-hybridized carbons (Fsp3) is 0.0625. The molecule has 0 bridgehead atoms. The van der Waals surface area contributed by atoms with Gasteiger partial charge in [-0.25, -0.2) is 20.2 Å². The summed E-state index contributed by atoms with van der Waals surface area (Å²) in [5.41, 5.74) is 0.960. The zero-order valence-electron chi connectivity index (χ0n) is 12.4. The minimum absolute atomic E-state index is 0.142. The first-order valence-corrected chi connectivity index (χ1v) is 8.19. The molecule has 24 heavy (non-hydrogen) atoms. The Bertz CT molecular complexity index is 896. The Balaban J connectivity index is 1.92. The zero-order chi connectivity index (χ0) is 17.1. The maximum atomic E-state index is 12.4. The number of rotatable bonds is 4. The first kappa shape index (κ1) is 16.6. The number of hydrazine groups is 1. The van der Waals surface area contributed by atoms with Crippen molar-refractivity contribution < 1.29 is 0 Å². The van der Waals surface area contributed by atoms with Crippen LogP contribution < -0.4 is 16.5 Å². The standard InChI is InChI=1S/C16H13BrClN5O/c17-12-7-4-8-13(18)14(12)22-10-20-15(21-16(22)24)23(19)9-11-5-2-1-3-6-11/h1-8,10H,9,19H2. The van der Waals surface area contributed by atoms with Gasteiger partial charge in [-0.1, -0.05) is 48.0 Å². The molecule has 122 valence electrons. The molecule has 0 atom stereocenters. The van der Waals surface area contributed by atoms with Gasteiger partial charge in [0.25, 0.3) is 0 Å². The summed E-state index contributed by atoms with van der Waals surface area (Å²) in [6, 6.07) is 14.9. The summed E-state index contributed by atoms with van der Waals surface area (Å²) in [5.74, 6) is 6.11. The van der Waals surface area contributed by atoms with Crippen LogP contribution in [0.5, 0.6) is 0 Å². The molecule has 0 saturated carbocycles. The molecule has 6 nitrogen and oxygen atoms in total. The molecule has 1 heterocycles. The molecule has 0 fully saturated rings. The monoisotopic (exact) mass is 405 g/mol. The van der Waals surface area contributed by atoms with Crippen molar-refractivity contribution >= 4 is 33.5 Å². The Labute approximate surface area is 151 Å². The number of para-hydroxylation sites is 1. The molecule has 0 spiro atoms. The van der Waals surface area contributed by atoms with Crippen molar-refractivity contribution in [2.24, 2.45) is 5.84 Å². The molecule has 1 aromatic heterocycles. The van der Waals surface area contributed by atoms with Crippen LogP contribution in [0.25, 0.3) is 5.69 Å². The molecule has 0 aliphatic rings. The summed E-state index contributed by atoms with van der Waals surface area (Å²) in [6.07, 6.45) is 1.36. The second-order valence-electron chi connectivity index (χ2n) is 4.99. The van der Waals surface area contributed by atoms with Gasteiger partial charge in [-0.15, -0.1) is 0 Å². The number of nitrogens with two attached hydrogens (primary N) is 1. The highest BCUT2D eigenvalue weighted by molar-refractivity contribution is 9.10. The largest absolute Gasteiger partial charge is 0.356 e. The van der Waals surface area contributed by atoms with Crippen LogP contribution in [0.4, 0.5) is 5.95 Å². The van der Waals surface area contributed by atoms with Crippen LogP contribution in [0.3, 0.4) is 0 Å². The summed E-state index contributed by atoms with van der Waals surface area (Å²) in [5, 5.41) is 1.74. The van der Waals surface area contributed by atoms with Gasteiger partial charge in [0.1, 0.15) is 6.33 Å². The van der Waals surface area contributed by atoms with Crippen LogP contribution in [-0.2, 0) is 6.54 Å². The van der Waals surface area contributed by atoms with Crippen LogP contribution in [0, 0.1) is 0 Å². The van der Waals surface area contributed by atoms with E-state index in [1.807, 2.05) is 30.3 Å². The Morgan fingerprint density at radius 3 is 2.58 bits per heavy atom. The van der Waals surface area contributed by atoms with Crippen molar-refractivity contribution in [3.05, 3.63) is 80.4 Å². The smallest absolute Gasteiger partial charge is 0.274 e. The normalized spacial score (nSPS) is 10.6. The third-order valence-electron chi connectivity index (χ3n) is 3.32. The number of halogens is 2. The van der Waals surface area contributed by atoms with E-state index < -0.39 is 5.69 Å². The van der Waals surface area contributed by atoms with Gasteiger partial charge >= 0.3 is 5.69 Å². The Hall–Kier alpha value is -2.22. The van der Waals surface area contributed by atoms with Crippen LogP contribution in [0.2, 0.25) is 5.02 Å². The van der Waals surface area contributed by atoms with Gasteiger partial charge < -0.3 is 0 Å². The summed E-state index contributed by atoms with van der Waals surface area (Å²) in [4.78, 5) is 20.5. The van der Waals surface area contributed by atoms with Crippen molar-refractivity contribution in [3.8, 4) is 5.69 Å². The second-order valence-corrected chi connectivity index (χ2v) is 6.25. The van der Waals surface area contributed by atoms with Crippen molar-refractivity contribution in [1.29, 1.82) is 0 Å². The van der Waals surface area contributed by atoms with E-state index in [0.717, 1.165) is 5.56 Å². The molecular weight excluding hydrogens is 394 g/mol. The minimum atomic E-state index is -0.516. The molecule has 0 radical (unpaired) electrons. The minimum Gasteiger partial charge on any atom is -0.274 e. The molecule has 3 rings (SSSR count). The van der Waals surface area contributed by atoms with Gasteiger partial charge in [0, 0.05) is 4.47 Å². The van der Waals surface area contributed by atoms with E-state index >= 15 is 0 Å². The summed E-state index contributed by atoms with van der Waals surface area (Å²) >= 11 is 9.54. The number of aromatic nitrogens is 3. The van der Waals surface area contributed by atoms with E-state index in [2.05, 4.69) is 25.9 Å². The van der Waals surface area contributed by atoms with Crippen molar-refractivity contribution in [1.82, 2.24) is 14.5 Å². The van der Waals surface area contributed by atoms with Crippen LogP contribution >= 0.6 is 27.5 Å². The van der Waals surface area contributed by atoms with Gasteiger partial charge in [-0.05, 0) is 33.6 Å². The number of nitrogens with zero attached hydrogens (tertiary/aromatic N) is 4. The molecule has 0 saturated heterocycles. The molecule has 8 heteroatoms. The fourth-order valence-corrected chi connectivity index (χ4v) is 3.13. The highest BCUT2D eigenvalue weighted by Gasteiger charge is 2.13. The predicted octanol–water partition coefficient (Wildman–Crippen LogP) is 2.92. The average Bonchev–Trinajstić information content (AvgIpc) is 2.57. The zero-order valence-corrected chi connectivity index (χ0v) is 14.8. The lowest BCUT2D eigenvalue weighted by Gasteiger charge is -2.17. The third-order valence-corrected chi connectivity index (χ3v) is 4.27. The van der Waals surface area contributed by atoms with E-state index in [0.29, 0.717) is 21.7 Å². The number of benzene rings is 2. The molecule has 0 unspecified atom stereocenters. The maximum absolute atomic E-state index is 12.4. The summed E-state index contributed by atoms with van der Waals surface area (Å²) < 4.78 is 1.94. The van der Waals surface area contributed by atoms with Gasteiger partial charge in [0.15, 0.2) is 0 Å². The predicted molar refractivity (Wildman–Crippen MR) is 97.2 cm³/mol. The molecular formula is C16H13BrClN5O. The van der Waals surface area contributed by atoms with Crippen molar-refractivity contribution in [2.75, 3.05) is 5.01 Å². The van der Waals surface area contributed by atoms with E-state index in [1.165, 1.54) is 15.9 Å². The quantitative estimate of drug-likeness (QED) is 0.532. The van der Waals surface area contributed by atoms with Gasteiger partial charge in [0.05, 0.1) is 17.3 Å². The van der Waals surface area contributed by atoms with Crippen molar-refractivity contribution in [2.45, 2.75) is 6.54 Å². The van der Waals surface area contributed by atoms with Gasteiger partial charge in [-0.3, -0.25) is 5.01 Å². The number of anilines is 1. The number of hydrogen-bond acceptors (Lipinski definition) is 5. The van der Waals surface area contributed by atoms with Gasteiger partial charge in [-0.2, -0.15) is 4.98 Å². The molecule has 2 aromatic carbocycles. The highest BCUT2D eigenvalue weighted by Crippen LogP contribution is 2.27. The SMILES string of the molecule is NN(Cc1ccccc1)c1ncn(-c2c(Cl)cccc2Br)c(=O)n1. The first-order chi connectivity index (χ1) is 11.6. The second kappa shape index (κ2) is 7.12. The highest BCUT2D eigenvalue weighted by atomic mass is 79.9. The molecule has 0 aliphatic heterocycles. The van der Waals surface area contributed by atoms with Crippen LogP contribution in [0.1, 0.15) is 5.56 Å². The Morgan fingerprint density at radius 2 is 1.92 bits per heavy atom. The maximum Gasteiger partial charge on any atom is 0.356 e. The summed E-state index contributed by atoms with van der Waals surface area (Å²) in [6.45, 7) is 0.389. The lowest BCUT2D eigenvalue weighted by Crippen LogP contribution is -2.35. The van der Waals surface area contributed by atoms with E-state index in [4.69, 9.17) is 17.4 Å². The fourth-order valence-electron chi connectivity index (χ4n) is 2.19. The lowest BCUT2D eigenvalue weighted by molar-refractivity contribution is 0.763. The Morgan fingerprint density at radius 1 is 1.17 bits per heavy atom.